The van der Waals surface area contributed by atoms with Crippen LogP contribution >= 0.6 is 23.4 Å². The summed E-state index contributed by atoms with van der Waals surface area (Å²) in [5.74, 6) is 1.13. The van der Waals surface area contributed by atoms with Crippen LogP contribution in [0.15, 0.2) is 24.3 Å². The van der Waals surface area contributed by atoms with Crippen LogP contribution in [0.25, 0.3) is 0 Å². The van der Waals surface area contributed by atoms with Crippen molar-refractivity contribution in [2.24, 2.45) is 5.73 Å². The van der Waals surface area contributed by atoms with Crippen molar-refractivity contribution in [3.63, 3.8) is 0 Å². The van der Waals surface area contributed by atoms with Gasteiger partial charge in [-0.1, -0.05) is 30.7 Å². The molecule has 0 radical (unpaired) electrons. The molecule has 0 spiro atoms. The lowest BCUT2D eigenvalue weighted by Gasteiger charge is -2.37. The van der Waals surface area contributed by atoms with Crippen molar-refractivity contribution in [3.8, 4) is 0 Å². The Hall–Kier alpha value is -0.220. The van der Waals surface area contributed by atoms with Gasteiger partial charge in [0, 0.05) is 34.7 Å². The first-order valence-electron chi connectivity index (χ1n) is 6.33. The molecule has 0 aromatic heterocycles. The van der Waals surface area contributed by atoms with Crippen LogP contribution in [0.3, 0.4) is 0 Å². The molecule has 0 amide bonds. The lowest BCUT2D eigenvalue weighted by atomic mass is 9.94. The molecule has 1 aliphatic heterocycles. The van der Waals surface area contributed by atoms with Gasteiger partial charge < -0.3 is 5.73 Å². The van der Waals surface area contributed by atoms with Gasteiger partial charge in [-0.3, -0.25) is 4.90 Å². The van der Waals surface area contributed by atoms with Crippen LogP contribution in [-0.2, 0) is 6.54 Å². The summed E-state index contributed by atoms with van der Waals surface area (Å²) in [6, 6.07) is 8.08. The van der Waals surface area contributed by atoms with Crippen LogP contribution in [-0.4, -0.2) is 35.0 Å². The Labute approximate surface area is 119 Å². The molecule has 2 unspecified atom stereocenters. The molecule has 2 nitrogen and oxygen atoms in total. The van der Waals surface area contributed by atoms with Crippen LogP contribution in [0.4, 0.5) is 0 Å². The van der Waals surface area contributed by atoms with E-state index in [9.17, 15) is 0 Å². The number of likely N-dealkylation sites (N-methyl/N-ethyl adjacent to an activating group) is 1. The van der Waals surface area contributed by atoms with Crippen LogP contribution in [0.2, 0.25) is 5.02 Å². The van der Waals surface area contributed by atoms with E-state index in [4.69, 9.17) is 17.3 Å². The zero-order chi connectivity index (χ0) is 13.2. The van der Waals surface area contributed by atoms with Crippen LogP contribution in [0.1, 0.15) is 18.9 Å². The largest absolute Gasteiger partial charge is 0.329 e. The van der Waals surface area contributed by atoms with Crippen molar-refractivity contribution in [2.45, 2.75) is 30.7 Å². The topological polar surface area (TPSA) is 29.3 Å². The van der Waals surface area contributed by atoms with Crippen molar-refractivity contribution in [2.75, 3.05) is 19.3 Å². The predicted octanol–water partition coefficient (Wildman–Crippen LogP) is 2.99. The van der Waals surface area contributed by atoms with Crippen molar-refractivity contribution >= 4 is 23.4 Å². The van der Waals surface area contributed by atoms with Crippen molar-refractivity contribution < 1.29 is 0 Å². The molecule has 1 aromatic carbocycles. The van der Waals surface area contributed by atoms with Crippen molar-refractivity contribution in [1.29, 1.82) is 0 Å². The number of thioether (sulfide) groups is 1. The van der Waals surface area contributed by atoms with Gasteiger partial charge in [-0.25, -0.2) is 0 Å². The Morgan fingerprint density at radius 1 is 1.56 bits per heavy atom. The summed E-state index contributed by atoms with van der Waals surface area (Å²) in [5.41, 5.74) is 7.43. The SMILES string of the molecule is CC1CC(CN)(N(C)Cc2cccc(Cl)c2)CS1. The molecule has 1 aliphatic rings. The molecule has 1 fully saturated rings. The van der Waals surface area contributed by atoms with Gasteiger partial charge in [0.2, 0.25) is 0 Å². The summed E-state index contributed by atoms with van der Waals surface area (Å²) >= 11 is 8.06. The zero-order valence-electron chi connectivity index (χ0n) is 11.0. The van der Waals surface area contributed by atoms with Crippen molar-refractivity contribution in [1.82, 2.24) is 4.90 Å². The lowest BCUT2D eigenvalue weighted by Crippen LogP contribution is -2.52. The number of rotatable bonds is 4. The predicted molar refractivity (Wildman–Crippen MR) is 81.2 cm³/mol. The summed E-state index contributed by atoms with van der Waals surface area (Å²) in [6.07, 6.45) is 1.17. The standard InChI is InChI=1S/C14H21ClN2S/c1-11-7-14(9-16,10-18-11)17(2)8-12-4-3-5-13(15)6-12/h3-6,11H,7-10,16H2,1-2H3. The fourth-order valence-electron chi connectivity index (χ4n) is 2.59. The average Bonchev–Trinajstić information content (AvgIpc) is 2.72. The molecule has 2 atom stereocenters. The number of hydrogen-bond acceptors (Lipinski definition) is 3. The first-order chi connectivity index (χ1) is 8.55. The number of nitrogens with zero attached hydrogens (tertiary/aromatic N) is 1. The molecular weight excluding hydrogens is 264 g/mol. The van der Waals surface area contributed by atoms with Crippen LogP contribution < -0.4 is 5.73 Å². The Bertz CT molecular complexity index is 413. The smallest absolute Gasteiger partial charge is 0.0432 e. The summed E-state index contributed by atoms with van der Waals surface area (Å²) < 4.78 is 0. The third-order valence-electron chi connectivity index (χ3n) is 3.80. The molecular formula is C14H21ClN2S. The summed E-state index contributed by atoms with van der Waals surface area (Å²) in [5, 5.41) is 1.51. The van der Waals surface area contributed by atoms with Gasteiger partial charge in [0.1, 0.15) is 0 Å². The zero-order valence-corrected chi connectivity index (χ0v) is 12.6. The second kappa shape index (κ2) is 5.83. The lowest BCUT2D eigenvalue weighted by molar-refractivity contribution is 0.139. The van der Waals surface area contributed by atoms with Gasteiger partial charge in [0.25, 0.3) is 0 Å². The van der Waals surface area contributed by atoms with E-state index in [1.165, 1.54) is 12.0 Å². The fourth-order valence-corrected chi connectivity index (χ4v) is 4.28. The van der Waals surface area contributed by atoms with E-state index in [-0.39, 0.29) is 5.54 Å². The molecule has 0 saturated carbocycles. The molecule has 0 aliphatic carbocycles. The van der Waals surface area contributed by atoms with Gasteiger partial charge in [-0.05, 0) is 31.2 Å². The minimum Gasteiger partial charge on any atom is -0.329 e. The van der Waals surface area contributed by atoms with Gasteiger partial charge in [-0.15, -0.1) is 0 Å². The highest BCUT2D eigenvalue weighted by Crippen LogP contribution is 2.38. The summed E-state index contributed by atoms with van der Waals surface area (Å²) in [4.78, 5) is 2.40. The molecule has 0 bridgehead atoms. The Balaban J connectivity index is 2.09. The number of hydrogen-bond donors (Lipinski definition) is 1. The minimum absolute atomic E-state index is 0.145. The van der Waals surface area contributed by atoms with Crippen LogP contribution in [0.5, 0.6) is 0 Å². The molecule has 1 heterocycles. The van der Waals surface area contributed by atoms with Crippen LogP contribution in [0, 0.1) is 0 Å². The van der Waals surface area contributed by atoms with Gasteiger partial charge in [0.05, 0.1) is 0 Å². The molecule has 2 N–H and O–H groups in total. The Morgan fingerprint density at radius 3 is 2.89 bits per heavy atom. The number of nitrogens with two attached hydrogens (primary N) is 1. The Morgan fingerprint density at radius 2 is 2.33 bits per heavy atom. The fraction of sp³-hybridized carbons (Fsp3) is 0.571. The van der Waals surface area contributed by atoms with E-state index in [0.29, 0.717) is 5.25 Å². The highest BCUT2D eigenvalue weighted by molar-refractivity contribution is 8.00. The quantitative estimate of drug-likeness (QED) is 0.922. The molecule has 18 heavy (non-hydrogen) atoms. The number of benzene rings is 1. The molecule has 1 aromatic rings. The summed E-state index contributed by atoms with van der Waals surface area (Å²) in [7, 11) is 2.17. The Kier molecular flexibility index (Phi) is 4.59. The second-order valence-electron chi connectivity index (χ2n) is 5.24. The molecule has 1 saturated heterocycles. The highest BCUT2D eigenvalue weighted by atomic mass is 35.5. The van der Waals surface area contributed by atoms with E-state index in [2.05, 4.69) is 24.9 Å². The second-order valence-corrected chi connectivity index (χ2v) is 7.10. The van der Waals surface area contributed by atoms with Crippen molar-refractivity contribution in [3.05, 3.63) is 34.9 Å². The highest BCUT2D eigenvalue weighted by Gasteiger charge is 2.40. The van der Waals surface area contributed by atoms with E-state index in [1.54, 1.807) is 0 Å². The molecule has 100 valence electrons. The van der Waals surface area contributed by atoms with E-state index in [0.717, 1.165) is 23.9 Å². The third kappa shape index (κ3) is 3.02. The average molecular weight is 285 g/mol. The van der Waals surface area contributed by atoms with E-state index >= 15 is 0 Å². The third-order valence-corrected chi connectivity index (χ3v) is 5.48. The normalized spacial score (nSPS) is 27.9. The maximum atomic E-state index is 6.03. The number of halogens is 1. The minimum atomic E-state index is 0.145. The first-order valence-corrected chi connectivity index (χ1v) is 7.76. The maximum Gasteiger partial charge on any atom is 0.0432 e. The summed E-state index contributed by atoms with van der Waals surface area (Å²) in [6.45, 7) is 3.92. The van der Waals surface area contributed by atoms with Gasteiger partial charge in [0.15, 0.2) is 0 Å². The van der Waals surface area contributed by atoms with E-state index < -0.39 is 0 Å². The maximum absolute atomic E-state index is 6.03. The van der Waals surface area contributed by atoms with Gasteiger partial charge >= 0.3 is 0 Å². The molecule has 2 rings (SSSR count). The molecule has 4 heteroatoms. The van der Waals surface area contributed by atoms with E-state index in [1.807, 2.05) is 30.0 Å². The first kappa shape index (κ1) is 14.2. The monoisotopic (exact) mass is 284 g/mol. The van der Waals surface area contributed by atoms with Gasteiger partial charge in [-0.2, -0.15) is 11.8 Å².